The van der Waals surface area contributed by atoms with Crippen molar-refractivity contribution in [2.24, 2.45) is 0 Å². The van der Waals surface area contributed by atoms with Crippen molar-refractivity contribution < 1.29 is 13.2 Å². The Labute approximate surface area is 115 Å². The van der Waals surface area contributed by atoms with Crippen molar-refractivity contribution in [3.63, 3.8) is 0 Å². The van der Waals surface area contributed by atoms with Gasteiger partial charge in [0.15, 0.2) is 0 Å². The Morgan fingerprint density at radius 1 is 1.10 bits per heavy atom. The van der Waals surface area contributed by atoms with Gasteiger partial charge in [-0.1, -0.05) is 35.9 Å². The van der Waals surface area contributed by atoms with Crippen molar-refractivity contribution in [3.8, 4) is 17.2 Å². The monoisotopic (exact) mass is 275 g/mol. The first-order chi connectivity index (χ1) is 9.41. The second-order valence-corrected chi connectivity index (χ2v) is 4.57. The molecule has 0 aliphatic carbocycles. The van der Waals surface area contributed by atoms with Crippen LogP contribution in [0.3, 0.4) is 0 Å². The smallest absolute Gasteiger partial charge is 0.198 e. The zero-order valence-electron chi connectivity index (χ0n) is 10.8. The molecule has 0 saturated heterocycles. The van der Waals surface area contributed by atoms with Gasteiger partial charge in [-0.2, -0.15) is 18.4 Å². The standard InChI is InChI=1S/C16H12F3N/c1-11-3-2-4-13(9-11)15-10-14(16(17,18)19)6-5-12(15)7-8-20/h2-6,9-10H,7H2,1H3. The molecule has 0 bridgehead atoms. The largest absolute Gasteiger partial charge is 0.416 e. The van der Waals surface area contributed by atoms with E-state index in [1.165, 1.54) is 6.07 Å². The topological polar surface area (TPSA) is 23.8 Å². The summed E-state index contributed by atoms with van der Waals surface area (Å²) < 4.78 is 38.4. The molecular weight excluding hydrogens is 263 g/mol. The number of benzene rings is 2. The van der Waals surface area contributed by atoms with Crippen molar-refractivity contribution in [3.05, 3.63) is 59.2 Å². The quantitative estimate of drug-likeness (QED) is 0.776. The minimum atomic E-state index is -4.39. The fourth-order valence-corrected chi connectivity index (χ4v) is 2.07. The molecule has 0 radical (unpaired) electrons. The maximum Gasteiger partial charge on any atom is 0.416 e. The maximum atomic E-state index is 12.8. The normalized spacial score (nSPS) is 11.2. The van der Waals surface area contributed by atoms with Crippen LogP contribution in [0.2, 0.25) is 0 Å². The highest BCUT2D eigenvalue weighted by Crippen LogP contribution is 2.34. The van der Waals surface area contributed by atoms with E-state index in [0.717, 1.165) is 17.7 Å². The van der Waals surface area contributed by atoms with Gasteiger partial charge in [-0.3, -0.25) is 0 Å². The molecule has 0 aliphatic rings. The van der Waals surface area contributed by atoms with Crippen molar-refractivity contribution in [1.29, 1.82) is 5.26 Å². The molecule has 102 valence electrons. The summed E-state index contributed by atoms with van der Waals surface area (Å²) in [6, 6.07) is 12.7. The fraction of sp³-hybridized carbons (Fsp3) is 0.188. The number of aryl methyl sites for hydroxylation is 1. The third-order valence-electron chi connectivity index (χ3n) is 3.04. The van der Waals surface area contributed by atoms with Crippen LogP contribution in [0.25, 0.3) is 11.1 Å². The third kappa shape index (κ3) is 3.00. The molecule has 2 aromatic rings. The van der Waals surface area contributed by atoms with E-state index in [2.05, 4.69) is 0 Å². The van der Waals surface area contributed by atoms with Gasteiger partial charge in [0.05, 0.1) is 18.1 Å². The second-order valence-electron chi connectivity index (χ2n) is 4.57. The zero-order valence-corrected chi connectivity index (χ0v) is 10.8. The Morgan fingerprint density at radius 3 is 2.45 bits per heavy atom. The Balaban J connectivity index is 2.61. The van der Waals surface area contributed by atoms with E-state index in [1.54, 1.807) is 12.1 Å². The second kappa shape index (κ2) is 5.38. The summed E-state index contributed by atoms with van der Waals surface area (Å²) in [6.45, 7) is 1.88. The van der Waals surface area contributed by atoms with Gasteiger partial charge in [0, 0.05) is 0 Å². The molecule has 20 heavy (non-hydrogen) atoms. The lowest BCUT2D eigenvalue weighted by atomic mass is 9.94. The Hall–Kier alpha value is -2.28. The Kier molecular flexibility index (Phi) is 3.80. The molecule has 0 atom stereocenters. The van der Waals surface area contributed by atoms with Crippen molar-refractivity contribution in [2.75, 3.05) is 0 Å². The SMILES string of the molecule is Cc1cccc(-c2cc(C(F)(F)F)ccc2CC#N)c1. The van der Waals surface area contributed by atoms with Crippen molar-refractivity contribution in [2.45, 2.75) is 19.5 Å². The zero-order chi connectivity index (χ0) is 14.8. The lowest BCUT2D eigenvalue weighted by Crippen LogP contribution is -2.05. The Bertz CT molecular complexity index is 666. The molecule has 2 rings (SSSR count). The van der Waals surface area contributed by atoms with Gasteiger partial charge in [0.25, 0.3) is 0 Å². The summed E-state index contributed by atoms with van der Waals surface area (Å²) in [4.78, 5) is 0. The predicted molar refractivity (Wildman–Crippen MR) is 70.9 cm³/mol. The number of hydrogen-bond acceptors (Lipinski definition) is 1. The van der Waals surface area contributed by atoms with Crippen LogP contribution in [0.4, 0.5) is 13.2 Å². The predicted octanol–water partition coefficient (Wildman–Crippen LogP) is 4.75. The molecule has 0 unspecified atom stereocenters. The average Bonchev–Trinajstić information content (AvgIpc) is 2.38. The third-order valence-corrected chi connectivity index (χ3v) is 3.04. The van der Waals surface area contributed by atoms with Gasteiger partial charge in [0.2, 0.25) is 0 Å². The van der Waals surface area contributed by atoms with E-state index < -0.39 is 11.7 Å². The van der Waals surface area contributed by atoms with Crippen LogP contribution in [-0.2, 0) is 12.6 Å². The lowest BCUT2D eigenvalue weighted by molar-refractivity contribution is -0.137. The van der Waals surface area contributed by atoms with Crippen LogP contribution in [0, 0.1) is 18.3 Å². The summed E-state index contributed by atoms with van der Waals surface area (Å²) >= 11 is 0. The Morgan fingerprint density at radius 2 is 1.85 bits per heavy atom. The molecular formula is C16H12F3N. The number of halogens is 3. The molecule has 2 aromatic carbocycles. The molecule has 4 heteroatoms. The molecule has 0 heterocycles. The molecule has 0 amide bonds. The number of rotatable bonds is 2. The van der Waals surface area contributed by atoms with E-state index in [4.69, 9.17) is 5.26 Å². The van der Waals surface area contributed by atoms with Crippen LogP contribution in [0.1, 0.15) is 16.7 Å². The summed E-state index contributed by atoms with van der Waals surface area (Å²) in [6.07, 6.45) is -4.30. The molecule has 0 saturated carbocycles. The van der Waals surface area contributed by atoms with Gasteiger partial charge in [-0.25, -0.2) is 0 Å². The van der Waals surface area contributed by atoms with E-state index in [9.17, 15) is 13.2 Å². The van der Waals surface area contributed by atoms with E-state index in [0.29, 0.717) is 16.7 Å². The molecule has 0 aliphatic heterocycles. The van der Waals surface area contributed by atoms with Gasteiger partial charge in [-0.05, 0) is 35.7 Å². The molecule has 0 spiro atoms. The van der Waals surface area contributed by atoms with Crippen LogP contribution >= 0.6 is 0 Å². The van der Waals surface area contributed by atoms with Gasteiger partial charge in [0.1, 0.15) is 0 Å². The minimum Gasteiger partial charge on any atom is -0.198 e. The minimum absolute atomic E-state index is 0.0847. The first-order valence-electron chi connectivity index (χ1n) is 6.06. The highest BCUT2D eigenvalue weighted by Gasteiger charge is 2.31. The van der Waals surface area contributed by atoms with E-state index >= 15 is 0 Å². The van der Waals surface area contributed by atoms with Crippen LogP contribution in [0.5, 0.6) is 0 Å². The van der Waals surface area contributed by atoms with Crippen LogP contribution in [-0.4, -0.2) is 0 Å². The fourth-order valence-electron chi connectivity index (χ4n) is 2.07. The van der Waals surface area contributed by atoms with Crippen molar-refractivity contribution >= 4 is 0 Å². The first-order valence-corrected chi connectivity index (χ1v) is 6.06. The highest BCUT2D eigenvalue weighted by molar-refractivity contribution is 5.69. The highest BCUT2D eigenvalue weighted by atomic mass is 19.4. The molecule has 1 nitrogen and oxygen atoms in total. The number of nitriles is 1. The maximum absolute atomic E-state index is 12.8. The number of hydrogen-bond donors (Lipinski definition) is 0. The first kappa shape index (κ1) is 14.1. The summed E-state index contributed by atoms with van der Waals surface area (Å²) in [5, 5.41) is 8.80. The van der Waals surface area contributed by atoms with Crippen LogP contribution < -0.4 is 0 Å². The average molecular weight is 275 g/mol. The molecule has 0 aromatic heterocycles. The summed E-state index contributed by atoms with van der Waals surface area (Å²) in [5.74, 6) is 0. The number of nitrogens with zero attached hydrogens (tertiary/aromatic N) is 1. The number of alkyl halides is 3. The molecule has 0 fully saturated rings. The van der Waals surface area contributed by atoms with Crippen molar-refractivity contribution in [1.82, 2.24) is 0 Å². The summed E-state index contributed by atoms with van der Waals surface area (Å²) in [5.41, 5.74) is 2.02. The van der Waals surface area contributed by atoms with Gasteiger partial charge >= 0.3 is 6.18 Å². The lowest BCUT2D eigenvalue weighted by Gasteiger charge is -2.13. The van der Waals surface area contributed by atoms with Gasteiger partial charge < -0.3 is 0 Å². The van der Waals surface area contributed by atoms with Crippen LogP contribution in [0.15, 0.2) is 42.5 Å². The molecule has 0 N–H and O–H groups in total. The van der Waals surface area contributed by atoms with Gasteiger partial charge in [-0.15, -0.1) is 0 Å². The van der Waals surface area contributed by atoms with E-state index in [-0.39, 0.29) is 6.42 Å². The summed E-state index contributed by atoms with van der Waals surface area (Å²) in [7, 11) is 0. The van der Waals surface area contributed by atoms with E-state index in [1.807, 2.05) is 25.1 Å².